The van der Waals surface area contributed by atoms with E-state index in [1.807, 2.05) is 42.5 Å². The third-order valence-corrected chi connectivity index (χ3v) is 5.93. The fourth-order valence-electron chi connectivity index (χ4n) is 4.21. The number of rotatable bonds is 6. The van der Waals surface area contributed by atoms with Crippen LogP contribution in [0.2, 0.25) is 0 Å². The number of nitrogens with one attached hydrogen (secondary N) is 2. The van der Waals surface area contributed by atoms with Gasteiger partial charge in [0.2, 0.25) is 6.79 Å². The van der Waals surface area contributed by atoms with Gasteiger partial charge in [0.25, 0.3) is 5.91 Å². The molecule has 3 aromatic rings. The van der Waals surface area contributed by atoms with Gasteiger partial charge in [0.15, 0.2) is 11.5 Å². The Balaban J connectivity index is 1.25. The van der Waals surface area contributed by atoms with Gasteiger partial charge < -0.3 is 20.1 Å². The highest BCUT2D eigenvalue weighted by Crippen LogP contribution is 2.32. The third-order valence-electron chi connectivity index (χ3n) is 5.93. The van der Waals surface area contributed by atoms with E-state index in [4.69, 9.17) is 9.47 Å². The van der Waals surface area contributed by atoms with E-state index >= 15 is 0 Å². The first-order chi connectivity index (χ1) is 15.7. The largest absolute Gasteiger partial charge is 0.454 e. The van der Waals surface area contributed by atoms with Crippen molar-refractivity contribution in [1.29, 1.82) is 0 Å². The molecule has 164 valence electrons. The molecule has 1 saturated carbocycles. The van der Waals surface area contributed by atoms with Crippen molar-refractivity contribution >= 4 is 11.7 Å². The number of ether oxygens (including phenoxy) is 2. The van der Waals surface area contributed by atoms with E-state index in [0.717, 1.165) is 28.4 Å². The minimum atomic E-state index is -0.140. The van der Waals surface area contributed by atoms with Crippen molar-refractivity contribution in [3.05, 3.63) is 66.0 Å². The quantitative estimate of drug-likeness (QED) is 0.597. The summed E-state index contributed by atoms with van der Waals surface area (Å²) >= 11 is 0. The van der Waals surface area contributed by atoms with Crippen molar-refractivity contribution < 1.29 is 14.3 Å². The van der Waals surface area contributed by atoms with Crippen LogP contribution in [0.3, 0.4) is 0 Å². The number of aromatic nitrogens is 2. The topological polar surface area (TPSA) is 85.4 Å². The number of carbonyl (C=O) groups is 1. The molecule has 0 atom stereocenters. The minimum Gasteiger partial charge on any atom is -0.454 e. The van der Waals surface area contributed by atoms with Gasteiger partial charge in [-0.3, -0.25) is 4.79 Å². The van der Waals surface area contributed by atoms with Gasteiger partial charge in [-0.05, 0) is 42.7 Å². The van der Waals surface area contributed by atoms with Crippen LogP contribution in [0.5, 0.6) is 11.5 Å². The Bertz CT molecular complexity index is 1110. The maximum absolute atomic E-state index is 12.8. The predicted molar refractivity (Wildman–Crippen MR) is 122 cm³/mol. The van der Waals surface area contributed by atoms with Crippen LogP contribution in [0.15, 0.2) is 54.9 Å². The molecule has 1 amide bonds. The Morgan fingerprint density at radius 2 is 1.84 bits per heavy atom. The zero-order valence-corrected chi connectivity index (χ0v) is 17.8. The van der Waals surface area contributed by atoms with Gasteiger partial charge in [0, 0.05) is 29.8 Å². The highest BCUT2D eigenvalue weighted by molar-refractivity contribution is 5.95. The molecule has 0 unspecified atom stereocenters. The lowest BCUT2D eigenvalue weighted by Crippen LogP contribution is -2.23. The number of anilines is 1. The first-order valence-corrected chi connectivity index (χ1v) is 11.1. The van der Waals surface area contributed by atoms with Crippen molar-refractivity contribution in [2.45, 2.75) is 44.7 Å². The van der Waals surface area contributed by atoms with Crippen LogP contribution >= 0.6 is 0 Å². The van der Waals surface area contributed by atoms with Crippen LogP contribution in [-0.2, 0) is 6.54 Å². The lowest BCUT2D eigenvalue weighted by atomic mass is 9.95. The van der Waals surface area contributed by atoms with E-state index in [1.54, 1.807) is 12.4 Å². The summed E-state index contributed by atoms with van der Waals surface area (Å²) in [5.41, 5.74) is 3.22. The summed E-state index contributed by atoms with van der Waals surface area (Å²) in [5.74, 6) is 2.13. The monoisotopic (exact) mass is 430 g/mol. The summed E-state index contributed by atoms with van der Waals surface area (Å²) in [4.78, 5) is 21.6. The molecule has 1 aliphatic carbocycles. The molecule has 32 heavy (non-hydrogen) atoms. The molecule has 1 aliphatic heterocycles. The molecule has 2 aliphatic rings. The highest BCUT2D eigenvalue weighted by atomic mass is 16.7. The Kier molecular flexibility index (Phi) is 5.87. The SMILES string of the molecule is O=C(NCc1ccc2c(c1)OCO2)c1cccc(-c2cc(NC3CCCCC3)ncn2)c1. The van der Waals surface area contributed by atoms with Gasteiger partial charge in [-0.2, -0.15) is 0 Å². The van der Waals surface area contributed by atoms with Crippen LogP contribution in [0, 0.1) is 0 Å². The normalized spacial score (nSPS) is 15.4. The Labute approximate surface area is 187 Å². The Morgan fingerprint density at radius 3 is 2.75 bits per heavy atom. The minimum absolute atomic E-state index is 0.140. The Hall–Kier alpha value is -3.61. The van der Waals surface area contributed by atoms with Crippen LogP contribution < -0.4 is 20.1 Å². The lowest BCUT2D eigenvalue weighted by Gasteiger charge is -2.23. The molecule has 0 bridgehead atoms. The molecular formula is C25H26N4O3. The van der Waals surface area contributed by atoms with Crippen molar-refractivity contribution in [3.63, 3.8) is 0 Å². The number of hydrogen-bond acceptors (Lipinski definition) is 6. The average Bonchev–Trinajstić information content (AvgIpc) is 3.31. The molecule has 1 aromatic heterocycles. The molecule has 7 nitrogen and oxygen atoms in total. The molecule has 5 rings (SSSR count). The van der Waals surface area contributed by atoms with Crippen LogP contribution in [-0.4, -0.2) is 28.7 Å². The molecule has 0 radical (unpaired) electrons. The van der Waals surface area contributed by atoms with Gasteiger partial charge >= 0.3 is 0 Å². The smallest absolute Gasteiger partial charge is 0.251 e. The van der Waals surface area contributed by atoms with Gasteiger partial charge in [-0.15, -0.1) is 0 Å². The maximum Gasteiger partial charge on any atom is 0.251 e. The summed E-state index contributed by atoms with van der Waals surface area (Å²) in [6, 6.07) is 15.6. The van der Waals surface area contributed by atoms with Crippen molar-refractivity contribution in [3.8, 4) is 22.8 Å². The summed E-state index contributed by atoms with van der Waals surface area (Å²) in [6.07, 6.45) is 7.78. The van der Waals surface area contributed by atoms with Gasteiger partial charge in [-0.1, -0.05) is 37.5 Å². The number of carbonyl (C=O) groups excluding carboxylic acids is 1. The second-order valence-corrected chi connectivity index (χ2v) is 8.22. The summed E-state index contributed by atoms with van der Waals surface area (Å²) in [6.45, 7) is 0.640. The molecular weight excluding hydrogens is 404 g/mol. The zero-order chi connectivity index (χ0) is 21.8. The zero-order valence-electron chi connectivity index (χ0n) is 17.8. The third kappa shape index (κ3) is 4.66. The van der Waals surface area contributed by atoms with E-state index in [1.165, 1.54) is 32.1 Å². The number of amides is 1. The van der Waals surface area contributed by atoms with E-state index < -0.39 is 0 Å². The fourth-order valence-corrected chi connectivity index (χ4v) is 4.21. The van der Waals surface area contributed by atoms with Crippen LogP contribution in [0.25, 0.3) is 11.3 Å². The van der Waals surface area contributed by atoms with Gasteiger partial charge in [0.05, 0.1) is 5.69 Å². The highest BCUT2D eigenvalue weighted by Gasteiger charge is 2.15. The summed E-state index contributed by atoms with van der Waals surface area (Å²) in [7, 11) is 0. The molecule has 0 saturated heterocycles. The maximum atomic E-state index is 12.8. The lowest BCUT2D eigenvalue weighted by molar-refractivity contribution is 0.0951. The van der Waals surface area contributed by atoms with E-state index in [9.17, 15) is 4.79 Å². The summed E-state index contributed by atoms with van der Waals surface area (Å²) in [5, 5.41) is 6.51. The van der Waals surface area contributed by atoms with Crippen molar-refractivity contribution in [2.24, 2.45) is 0 Å². The number of hydrogen-bond donors (Lipinski definition) is 2. The Morgan fingerprint density at radius 1 is 0.969 bits per heavy atom. The van der Waals surface area contributed by atoms with Crippen molar-refractivity contribution in [1.82, 2.24) is 15.3 Å². The van der Waals surface area contributed by atoms with E-state index in [-0.39, 0.29) is 12.7 Å². The van der Waals surface area contributed by atoms with Gasteiger partial charge in [0.1, 0.15) is 12.1 Å². The van der Waals surface area contributed by atoms with Gasteiger partial charge in [-0.25, -0.2) is 9.97 Å². The van der Waals surface area contributed by atoms with Crippen LogP contribution in [0.1, 0.15) is 48.0 Å². The molecule has 0 spiro atoms. The number of nitrogens with zero attached hydrogens (tertiary/aromatic N) is 2. The fraction of sp³-hybridized carbons (Fsp3) is 0.320. The van der Waals surface area contributed by atoms with E-state index in [2.05, 4.69) is 20.6 Å². The molecule has 1 fully saturated rings. The second kappa shape index (κ2) is 9.26. The summed E-state index contributed by atoms with van der Waals surface area (Å²) < 4.78 is 10.7. The average molecular weight is 431 g/mol. The van der Waals surface area contributed by atoms with E-state index in [0.29, 0.717) is 23.9 Å². The first kappa shape index (κ1) is 20.3. The first-order valence-electron chi connectivity index (χ1n) is 11.1. The molecule has 2 heterocycles. The molecule has 2 aromatic carbocycles. The standard InChI is InChI=1S/C25H26N4O3/c30-25(26-14-17-9-10-22-23(11-17)32-16-31-22)19-6-4-5-18(12-19)21-13-24(28-15-27-21)29-20-7-2-1-3-8-20/h4-6,9-13,15,20H,1-3,7-8,14,16H2,(H,26,30)(H,27,28,29). The number of benzene rings is 2. The molecule has 7 heteroatoms. The molecule has 2 N–H and O–H groups in total. The van der Waals surface area contributed by atoms with Crippen molar-refractivity contribution in [2.75, 3.05) is 12.1 Å². The predicted octanol–water partition coefficient (Wildman–Crippen LogP) is 4.55. The van der Waals surface area contributed by atoms with Crippen LogP contribution in [0.4, 0.5) is 5.82 Å². The number of fused-ring (bicyclic) bond motifs is 1. The second-order valence-electron chi connectivity index (χ2n) is 8.22.